The summed E-state index contributed by atoms with van der Waals surface area (Å²) < 4.78 is 17.9. The van der Waals surface area contributed by atoms with Gasteiger partial charge < -0.3 is 29.4 Å². The van der Waals surface area contributed by atoms with Crippen LogP contribution in [-0.2, 0) is 38.1 Å². The van der Waals surface area contributed by atoms with Gasteiger partial charge in [-0.05, 0) is 0 Å². The first-order valence-electron chi connectivity index (χ1n) is 7.52. The Balaban J connectivity index is 3.18. The van der Waals surface area contributed by atoms with Crippen LogP contribution in [0, 0.1) is 0 Å². The molecule has 1 aliphatic heterocycles. The molecule has 1 rings (SSSR count). The van der Waals surface area contributed by atoms with Gasteiger partial charge in [0.2, 0.25) is 0 Å². The van der Waals surface area contributed by atoms with E-state index in [0.717, 1.165) is 20.8 Å². The van der Waals surface area contributed by atoms with Gasteiger partial charge in [0.25, 0.3) is 9.70 Å². The Kier molecular flexibility index (Phi) is 8.55. The number of rotatable bonds is 5. The lowest BCUT2D eigenvalue weighted by Crippen LogP contribution is -2.67. The fourth-order valence-electron chi connectivity index (χ4n) is 2.31. The van der Waals surface area contributed by atoms with Crippen molar-refractivity contribution >= 4 is 58.6 Å². The molecule has 1 saturated heterocycles. The molecule has 0 spiro atoms. The first-order valence-corrected chi connectivity index (χ1v) is 8.65. The van der Waals surface area contributed by atoms with Gasteiger partial charge in [-0.15, -0.1) is 0 Å². The van der Waals surface area contributed by atoms with Crippen LogP contribution >= 0.6 is 34.8 Å². The highest BCUT2D eigenvalue weighted by molar-refractivity contribution is 6.76. The normalized spacial score (nSPS) is 28.0. The quantitative estimate of drug-likeness (QED) is 0.336. The highest BCUT2D eigenvalue weighted by Gasteiger charge is 2.51. The Bertz CT molecular complexity index is 595. The summed E-state index contributed by atoms with van der Waals surface area (Å²) in [5.74, 6) is -3.40. The first kappa shape index (κ1) is 23.7. The molecule has 0 bridgehead atoms. The van der Waals surface area contributed by atoms with Crippen LogP contribution in [0.4, 0.5) is 0 Å². The standard InChI is InChI=1S/C14H18Cl3NO9/c1-5(19)24-4-8-10(25-6(2)20)11(26-7(3)21)9(12(22)27-8)18-13(23)14(15,16)17/h8-12,22H,4H2,1-3H3,(H,18,23)/t8?,9?,10-,11+,12?/m1/s1. The van der Waals surface area contributed by atoms with E-state index in [9.17, 15) is 24.3 Å². The molecule has 1 aliphatic rings. The molecule has 5 atom stereocenters. The number of hydrogen-bond acceptors (Lipinski definition) is 9. The number of alkyl halides is 3. The summed E-state index contributed by atoms with van der Waals surface area (Å²) in [5, 5.41) is 12.4. The Hall–Kier alpha value is -1.33. The lowest BCUT2D eigenvalue weighted by Gasteiger charge is -2.43. The summed E-state index contributed by atoms with van der Waals surface area (Å²) >= 11 is 16.5. The van der Waals surface area contributed by atoms with E-state index in [1.54, 1.807) is 0 Å². The van der Waals surface area contributed by atoms with Gasteiger partial charge in [0.15, 0.2) is 18.5 Å². The van der Waals surface area contributed by atoms with E-state index >= 15 is 0 Å². The van der Waals surface area contributed by atoms with Crippen molar-refractivity contribution in [3.63, 3.8) is 0 Å². The van der Waals surface area contributed by atoms with Crippen LogP contribution < -0.4 is 5.32 Å². The molecule has 0 radical (unpaired) electrons. The molecule has 1 fully saturated rings. The van der Waals surface area contributed by atoms with E-state index in [-0.39, 0.29) is 0 Å². The van der Waals surface area contributed by atoms with Gasteiger partial charge in [-0.2, -0.15) is 0 Å². The van der Waals surface area contributed by atoms with Gasteiger partial charge in [-0.1, -0.05) is 34.8 Å². The molecular weight excluding hydrogens is 433 g/mol. The van der Waals surface area contributed by atoms with Crippen LogP contribution in [0.5, 0.6) is 0 Å². The summed E-state index contributed by atoms with van der Waals surface area (Å²) in [4.78, 5) is 45.9. The van der Waals surface area contributed by atoms with Gasteiger partial charge in [0.05, 0.1) is 0 Å². The second kappa shape index (κ2) is 9.74. The molecule has 0 aromatic heterocycles. The minimum Gasteiger partial charge on any atom is -0.463 e. The number of nitrogens with one attached hydrogen (secondary N) is 1. The van der Waals surface area contributed by atoms with E-state index in [1.165, 1.54) is 0 Å². The van der Waals surface area contributed by atoms with Gasteiger partial charge in [0.1, 0.15) is 18.8 Å². The lowest BCUT2D eigenvalue weighted by molar-refractivity contribution is -0.264. The number of hydrogen-bond donors (Lipinski definition) is 2. The van der Waals surface area contributed by atoms with Gasteiger partial charge in [-0.3, -0.25) is 19.2 Å². The topological polar surface area (TPSA) is 137 Å². The molecule has 3 unspecified atom stereocenters. The van der Waals surface area contributed by atoms with E-state index in [4.69, 9.17) is 53.8 Å². The summed E-state index contributed by atoms with van der Waals surface area (Å²) in [5.41, 5.74) is 0. The van der Waals surface area contributed by atoms with Crippen molar-refractivity contribution in [1.82, 2.24) is 5.32 Å². The van der Waals surface area contributed by atoms with Crippen molar-refractivity contribution in [2.24, 2.45) is 0 Å². The number of aliphatic hydroxyl groups is 1. The number of amides is 1. The van der Waals surface area contributed by atoms with Crippen LogP contribution in [0.25, 0.3) is 0 Å². The third kappa shape index (κ3) is 7.30. The fourth-order valence-corrected chi connectivity index (χ4v) is 2.47. The van der Waals surface area contributed by atoms with Gasteiger partial charge in [0, 0.05) is 20.8 Å². The summed E-state index contributed by atoms with van der Waals surface area (Å²) in [7, 11) is 0. The lowest BCUT2D eigenvalue weighted by atomic mass is 9.96. The zero-order chi connectivity index (χ0) is 20.9. The maximum atomic E-state index is 11.9. The molecule has 0 aromatic carbocycles. The first-order chi connectivity index (χ1) is 12.3. The minimum atomic E-state index is -2.38. The molecule has 154 valence electrons. The molecule has 10 nitrogen and oxygen atoms in total. The predicted molar refractivity (Wildman–Crippen MR) is 90.8 cm³/mol. The van der Waals surface area contributed by atoms with Crippen molar-refractivity contribution in [2.75, 3.05) is 6.61 Å². The van der Waals surface area contributed by atoms with Crippen LogP contribution in [0.15, 0.2) is 0 Å². The Labute approximate surface area is 169 Å². The fraction of sp³-hybridized carbons (Fsp3) is 0.714. The Morgan fingerprint density at radius 1 is 1.00 bits per heavy atom. The third-order valence-corrected chi connectivity index (χ3v) is 3.79. The molecule has 13 heteroatoms. The highest BCUT2D eigenvalue weighted by Crippen LogP contribution is 2.29. The molecule has 1 amide bonds. The molecule has 1 heterocycles. The Morgan fingerprint density at radius 2 is 1.52 bits per heavy atom. The van der Waals surface area contributed by atoms with Crippen molar-refractivity contribution in [3.05, 3.63) is 0 Å². The van der Waals surface area contributed by atoms with E-state index in [1.807, 2.05) is 0 Å². The van der Waals surface area contributed by atoms with E-state index in [0.29, 0.717) is 0 Å². The molecule has 2 N–H and O–H groups in total. The van der Waals surface area contributed by atoms with Crippen molar-refractivity contribution in [3.8, 4) is 0 Å². The molecule has 0 aliphatic carbocycles. The van der Waals surface area contributed by atoms with Crippen LogP contribution in [0.1, 0.15) is 20.8 Å². The van der Waals surface area contributed by atoms with Crippen molar-refractivity contribution in [1.29, 1.82) is 0 Å². The molecule has 0 saturated carbocycles. The third-order valence-electron chi connectivity index (χ3n) is 3.28. The number of carbonyl (C=O) groups excluding carboxylic acids is 4. The summed E-state index contributed by atoms with van der Waals surface area (Å²) in [6.45, 7) is 2.84. The summed E-state index contributed by atoms with van der Waals surface area (Å²) in [6, 6.07) is -1.45. The van der Waals surface area contributed by atoms with Crippen LogP contribution in [-0.4, -0.2) is 70.0 Å². The summed E-state index contributed by atoms with van der Waals surface area (Å²) in [6.07, 6.45) is -5.72. The van der Waals surface area contributed by atoms with Crippen molar-refractivity contribution < 1.29 is 43.2 Å². The number of esters is 3. The smallest absolute Gasteiger partial charge is 0.303 e. The largest absolute Gasteiger partial charge is 0.463 e. The van der Waals surface area contributed by atoms with Crippen molar-refractivity contribution in [2.45, 2.75) is 55.2 Å². The monoisotopic (exact) mass is 449 g/mol. The number of ether oxygens (including phenoxy) is 4. The average Bonchev–Trinajstić information content (AvgIpc) is 2.49. The number of halogens is 3. The van der Waals surface area contributed by atoms with Crippen LogP contribution in [0.3, 0.4) is 0 Å². The second-order valence-corrected chi connectivity index (χ2v) is 7.79. The second-order valence-electron chi connectivity index (χ2n) is 5.51. The molecular formula is C14H18Cl3NO9. The van der Waals surface area contributed by atoms with Crippen LogP contribution in [0.2, 0.25) is 0 Å². The molecule has 0 aromatic rings. The maximum Gasteiger partial charge on any atom is 0.303 e. The zero-order valence-corrected chi connectivity index (χ0v) is 16.7. The number of carbonyl (C=O) groups is 4. The highest BCUT2D eigenvalue weighted by atomic mass is 35.6. The van der Waals surface area contributed by atoms with E-state index < -0.39 is 64.9 Å². The zero-order valence-electron chi connectivity index (χ0n) is 14.4. The minimum absolute atomic E-state index is 0.423. The average molecular weight is 451 g/mol. The maximum absolute atomic E-state index is 11.9. The van der Waals surface area contributed by atoms with Gasteiger partial charge >= 0.3 is 17.9 Å². The predicted octanol–water partition coefficient (Wildman–Crippen LogP) is -0.0149. The van der Waals surface area contributed by atoms with E-state index in [2.05, 4.69) is 5.32 Å². The Morgan fingerprint density at radius 3 is 1.96 bits per heavy atom. The SMILES string of the molecule is CC(=O)OCC1OC(O)C(NC(=O)C(Cl)(Cl)Cl)[C@H](OC(C)=O)[C@@H]1OC(C)=O. The molecule has 27 heavy (non-hydrogen) atoms. The van der Waals surface area contributed by atoms with Gasteiger partial charge in [-0.25, -0.2) is 0 Å². The number of aliphatic hydroxyl groups excluding tert-OH is 1.